The van der Waals surface area contributed by atoms with Crippen LogP contribution in [0.25, 0.3) is 22.3 Å². The highest BCUT2D eigenvalue weighted by Crippen LogP contribution is 2.38. The van der Waals surface area contributed by atoms with E-state index in [9.17, 15) is 8.78 Å². The van der Waals surface area contributed by atoms with E-state index in [0.29, 0.717) is 22.3 Å². The molecule has 110 valence electrons. The van der Waals surface area contributed by atoms with Gasteiger partial charge in [-0.3, -0.25) is 15.0 Å². The molecule has 22 heavy (non-hydrogen) atoms. The van der Waals surface area contributed by atoms with Crippen LogP contribution in [-0.2, 0) is 0 Å². The van der Waals surface area contributed by atoms with E-state index in [1.54, 1.807) is 49.1 Å². The van der Waals surface area contributed by atoms with Gasteiger partial charge >= 0.3 is 6.61 Å². The third kappa shape index (κ3) is 2.90. The lowest BCUT2D eigenvalue weighted by molar-refractivity contribution is -0.0491. The maximum Gasteiger partial charge on any atom is 0.387 e. The molecule has 0 aromatic carbocycles. The number of nitrogens with zero attached hydrogens (tertiary/aromatic N) is 3. The molecule has 3 aromatic rings. The number of rotatable bonds is 4. The fourth-order valence-electron chi connectivity index (χ4n) is 2.12. The molecule has 0 amide bonds. The zero-order chi connectivity index (χ0) is 15.4. The van der Waals surface area contributed by atoms with Crippen molar-refractivity contribution in [2.45, 2.75) is 6.61 Å². The van der Waals surface area contributed by atoms with Crippen LogP contribution in [0.15, 0.2) is 61.4 Å². The molecule has 0 atom stereocenters. The number of hydrogen-bond acceptors (Lipinski definition) is 4. The standard InChI is InChI=1S/C16H11F2N3O/c17-16(18)22-15-13(11-3-1-5-19-7-11)9-21-10-14(15)12-4-2-6-20-8-12/h1-10,16H. The van der Waals surface area contributed by atoms with E-state index >= 15 is 0 Å². The number of halogens is 2. The maximum absolute atomic E-state index is 12.8. The van der Waals surface area contributed by atoms with E-state index in [1.807, 2.05) is 0 Å². The molecule has 4 nitrogen and oxygen atoms in total. The van der Waals surface area contributed by atoms with E-state index in [-0.39, 0.29) is 5.75 Å². The molecule has 0 bridgehead atoms. The Balaban J connectivity index is 2.19. The highest BCUT2D eigenvalue weighted by Gasteiger charge is 2.18. The van der Waals surface area contributed by atoms with Crippen LogP contribution in [-0.4, -0.2) is 21.6 Å². The van der Waals surface area contributed by atoms with Crippen LogP contribution in [0.2, 0.25) is 0 Å². The van der Waals surface area contributed by atoms with Gasteiger partial charge in [0.05, 0.1) is 0 Å². The van der Waals surface area contributed by atoms with Crippen LogP contribution in [0.5, 0.6) is 5.75 Å². The molecule has 0 unspecified atom stereocenters. The van der Waals surface area contributed by atoms with Crippen LogP contribution < -0.4 is 4.74 Å². The lowest BCUT2D eigenvalue weighted by Crippen LogP contribution is -2.05. The van der Waals surface area contributed by atoms with Gasteiger partial charge in [0.1, 0.15) is 5.75 Å². The SMILES string of the molecule is FC(F)Oc1c(-c2cccnc2)cncc1-c1cccnc1. The Morgan fingerprint density at radius 2 is 1.32 bits per heavy atom. The lowest BCUT2D eigenvalue weighted by Gasteiger charge is -2.14. The fourth-order valence-corrected chi connectivity index (χ4v) is 2.12. The first-order chi connectivity index (χ1) is 10.8. The Morgan fingerprint density at radius 3 is 1.73 bits per heavy atom. The van der Waals surface area contributed by atoms with Crippen molar-refractivity contribution in [3.8, 4) is 28.0 Å². The Hall–Kier alpha value is -2.89. The highest BCUT2D eigenvalue weighted by atomic mass is 19.3. The first kappa shape index (κ1) is 14.1. The van der Waals surface area contributed by atoms with Crippen LogP contribution in [0.4, 0.5) is 8.78 Å². The van der Waals surface area contributed by atoms with Gasteiger partial charge in [0.25, 0.3) is 0 Å². The van der Waals surface area contributed by atoms with Crippen molar-refractivity contribution < 1.29 is 13.5 Å². The third-order valence-electron chi connectivity index (χ3n) is 3.05. The zero-order valence-corrected chi connectivity index (χ0v) is 11.4. The molecule has 0 saturated carbocycles. The van der Waals surface area contributed by atoms with Gasteiger partial charge in [-0.05, 0) is 12.1 Å². The Labute approximate surface area is 125 Å². The molecule has 0 N–H and O–H groups in total. The zero-order valence-electron chi connectivity index (χ0n) is 11.4. The van der Waals surface area contributed by atoms with Crippen molar-refractivity contribution in [1.82, 2.24) is 15.0 Å². The topological polar surface area (TPSA) is 47.9 Å². The summed E-state index contributed by atoms with van der Waals surface area (Å²) in [7, 11) is 0. The van der Waals surface area contributed by atoms with Crippen molar-refractivity contribution in [2.24, 2.45) is 0 Å². The Morgan fingerprint density at radius 1 is 0.773 bits per heavy atom. The van der Waals surface area contributed by atoms with Gasteiger partial charge in [-0.15, -0.1) is 0 Å². The molecule has 0 fully saturated rings. The summed E-state index contributed by atoms with van der Waals surface area (Å²) in [6.07, 6.45) is 9.32. The minimum atomic E-state index is -2.94. The quantitative estimate of drug-likeness (QED) is 0.735. The summed E-state index contributed by atoms with van der Waals surface area (Å²) < 4.78 is 30.4. The normalized spacial score (nSPS) is 10.7. The minimum absolute atomic E-state index is 0.0611. The second-order valence-corrected chi connectivity index (χ2v) is 4.43. The summed E-state index contributed by atoms with van der Waals surface area (Å²) in [5.41, 5.74) is 2.21. The molecule has 0 saturated heterocycles. The van der Waals surface area contributed by atoms with Gasteiger partial charge < -0.3 is 4.74 Å². The summed E-state index contributed by atoms with van der Waals surface area (Å²) >= 11 is 0. The predicted molar refractivity (Wildman–Crippen MR) is 77.3 cm³/mol. The molecule has 3 heterocycles. The molecule has 0 aliphatic rings. The lowest BCUT2D eigenvalue weighted by atomic mass is 10.0. The summed E-state index contributed by atoms with van der Waals surface area (Å²) in [5, 5.41) is 0. The number of ether oxygens (including phenoxy) is 1. The monoisotopic (exact) mass is 299 g/mol. The van der Waals surface area contributed by atoms with E-state index in [1.165, 1.54) is 12.4 Å². The van der Waals surface area contributed by atoms with Gasteiger partial charge in [-0.25, -0.2) is 0 Å². The maximum atomic E-state index is 12.8. The predicted octanol–water partition coefficient (Wildman–Crippen LogP) is 3.81. The Kier molecular flexibility index (Phi) is 4.00. The van der Waals surface area contributed by atoms with Crippen LogP contribution in [0.3, 0.4) is 0 Å². The van der Waals surface area contributed by atoms with Gasteiger partial charge in [-0.2, -0.15) is 8.78 Å². The van der Waals surface area contributed by atoms with Crippen molar-refractivity contribution >= 4 is 0 Å². The van der Waals surface area contributed by atoms with Crippen molar-refractivity contribution in [3.63, 3.8) is 0 Å². The van der Waals surface area contributed by atoms with Crippen LogP contribution >= 0.6 is 0 Å². The number of aromatic nitrogens is 3. The molecule has 3 aromatic heterocycles. The van der Waals surface area contributed by atoms with Gasteiger partial charge in [0.2, 0.25) is 0 Å². The molecule has 6 heteroatoms. The highest BCUT2D eigenvalue weighted by molar-refractivity contribution is 5.80. The summed E-state index contributed by atoms with van der Waals surface area (Å²) in [6, 6.07) is 6.96. The van der Waals surface area contributed by atoms with E-state index < -0.39 is 6.61 Å². The molecule has 0 aliphatic carbocycles. The van der Waals surface area contributed by atoms with Crippen molar-refractivity contribution in [3.05, 3.63) is 61.4 Å². The van der Waals surface area contributed by atoms with E-state index in [0.717, 1.165) is 0 Å². The fraction of sp³-hybridized carbons (Fsp3) is 0.0625. The molecule has 0 aliphatic heterocycles. The average molecular weight is 299 g/mol. The Bertz CT molecular complexity index is 694. The van der Waals surface area contributed by atoms with Gasteiger partial charge in [0, 0.05) is 59.4 Å². The number of pyridine rings is 3. The number of alkyl halides is 2. The first-order valence-electron chi connectivity index (χ1n) is 6.49. The second-order valence-electron chi connectivity index (χ2n) is 4.43. The minimum Gasteiger partial charge on any atom is -0.433 e. The van der Waals surface area contributed by atoms with Crippen molar-refractivity contribution in [2.75, 3.05) is 0 Å². The average Bonchev–Trinajstić information content (AvgIpc) is 2.56. The molecular weight excluding hydrogens is 288 g/mol. The molecule has 0 radical (unpaired) electrons. The van der Waals surface area contributed by atoms with E-state index in [2.05, 4.69) is 15.0 Å². The summed E-state index contributed by atoms with van der Waals surface area (Å²) in [4.78, 5) is 12.1. The first-order valence-corrected chi connectivity index (χ1v) is 6.49. The molecular formula is C16H11F2N3O. The van der Waals surface area contributed by atoms with Gasteiger partial charge in [-0.1, -0.05) is 12.1 Å². The van der Waals surface area contributed by atoms with Crippen LogP contribution in [0.1, 0.15) is 0 Å². The van der Waals surface area contributed by atoms with E-state index in [4.69, 9.17) is 4.74 Å². The summed E-state index contributed by atoms with van der Waals surface area (Å²) in [5.74, 6) is 0.0611. The third-order valence-corrected chi connectivity index (χ3v) is 3.05. The molecule has 3 rings (SSSR count). The molecule has 0 spiro atoms. The number of hydrogen-bond donors (Lipinski definition) is 0. The summed E-state index contributed by atoms with van der Waals surface area (Å²) in [6.45, 7) is -2.94. The smallest absolute Gasteiger partial charge is 0.387 e. The van der Waals surface area contributed by atoms with Crippen molar-refractivity contribution in [1.29, 1.82) is 0 Å². The van der Waals surface area contributed by atoms with Gasteiger partial charge in [0.15, 0.2) is 0 Å². The largest absolute Gasteiger partial charge is 0.433 e. The second kappa shape index (κ2) is 6.26. The van der Waals surface area contributed by atoms with Crippen LogP contribution in [0, 0.1) is 0 Å².